The van der Waals surface area contributed by atoms with Gasteiger partial charge in [0.15, 0.2) is 0 Å². The first-order chi connectivity index (χ1) is 7.37. The highest BCUT2D eigenvalue weighted by Gasteiger charge is 2.14. The molecule has 0 saturated heterocycles. The highest BCUT2D eigenvalue weighted by atomic mass is 16.5. The molecule has 1 unspecified atom stereocenters. The molecule has 0 saturated carbocycles. The predicted octanol–water partition coefficient (Wildman–Crippen LogP) is 0.282. The van der Waals surface area contributed by atoms with Gasteiger partial charge in [-0.2, -0.15) is 0 Å². The van der Waals surface area contributed by atoms with Crippen LogP contribution in [-0.4, -0.2) is 43.9 Å². The molecular formula is C11H24N2O3. The lowest BCUT2D eigenvalue weighted by molar-refractivity contribution is -0.122. The van der Waals surface area contributed by atoms with E-state index in [2.05, 4.69) is 5.32 Å². The van der Waals surface area contributed by atoms with Crippen molar-refractivity contribution in [2.24, 2.45) is 5.73 Å². The first-order valence-electron chi connectivity index (χ1n) is 5.61. The second-order valence-electron chi connectivity index (χ2n) is 4.55. The Morgan fingerprint density at radius 2 is 2.00 bits per heavy atom. The average Bonchev–Trinajstić information content (AvgIpc) is 2.13. The van der Waals surface area contributed by atoms with Crippen LogP contribution in [0.2, 0.25) is 0 Å². The first kappa shape index (κ1) is 15.3. The predicted molar refractivity (Wildman–Crippen MR) is 63.2 cm³/mol. The maximum Gasteiger partial charge on any atom is 0.236 e. The largest absolute Gasteiger partial charge is 0.377 e. The molecule has 96 valence electrons. The van der Waals surface area contributed by atoms with Gasteiger partial charge in [-0.1, -0.05) is 6.92 Å². The molecule has 5 nitrogen and oxygen atoms in total. The maximum absolute atomic E-state index is 11.0. The Hall–Kier alpha value is -0.650. The van der Waals surface area contributed by atoms with Gasteiger partial charge in [0.1, 0.15) is 6.04 Å². The van der Waals surface area contributed by atoms with Crippen molar-refractivity contribution in [3.63, 3.8) is 0 Å². The van der Waals surface area contributed by atoms with E-state index in [1.54, 1.807) is 0 Å². The van der Waals surface area contributed by atoms with Gasteiger partial charge in [0.05, 0.1) is 25.4 Å². The van der Waals surface area contributed by atoms with Crippen LogP contribution in [0.25, 0.3) is 0 Å². The SMILES string of the molecule is CCNC(COCCOC(C)(C)C)C(N)=O. The highest BCUT2D eigenvalue weighted by Crippen LogP contribution is 2.05. The van der Waals surface area contributed by atoms with E-state index in [0.717, 1.165) is 0 Å². The molecule has 0 bridgehead atoms. The lowest BCUT2D eigenvalue weighted by Crippen LogP contribution is -2.44. The molecule has 0 fully saturated rings. The van der Waals surface area contributed by atoms with Crippen LogP contribution in [0.4, 0.5) is 0 Å². The number of primary amides is 1. The summed E-state index contributed by atoms with van der Waals surface area (Å²) < 4.78 is 10.8. The van der Waals surface area contributed by atoms with E-state index in [1.165, 1.54) is 0 Å². The number of likely N-dealkylation sites (N-methyl/N-ethyl adjacent to an activating group) is 1. The number of hydrogen-bond donors (Lipinski definition) is 2. The van der Waals surface area contributed by atoms with Crippen LogP contribution in [0.15, 0.2) is 0 Å². The van der Waals surface area contributed by atoms with Crippen LogP contribution in [0.1, 0.15) is 27.7 Å². The minimum absolute atomic E-state index is 0.159. The third kappa shape index (κ3) is 8.64. The molecule has 0 aromatic rings. The molecule has 0 radical (unpaired) electrons. The second-order valence-corrected chi connectivity index (χ2v) is 4.55. The molecule has 0 heterocycles. The second kappa shape index (κ2) is 7.60. The number of rotatable bonds is 8. The average molecular weight is 232 g/mol. The zero-order valence-electron chi connectivity index (χ0n) is 10.7. The zero-order chi connectivity index (χ0) is 12.6. The molecule has 0 aliphatic heterocycles. The fourth-order valence-corrected chi connectivity index (χ4v) is 1.10. The third-order valence-electron chi connectivity index (χ3n) is 1.84. The Morgan fingerprint density at radius 1 is 1.38 bits per heavy atom. The highest BCUT2D eigenvalue weighted by molar-refractivity contribution is 5.79. The number of nitrogens with one attached hydrogen (secondary N) is 1. The van der Waals surface area contributed by atoms with E-state index >= 15 is 0 Å². The quantitative estimate of drug-likeness (QED) is 0.590. The molecule has 1 amide bonds. The van der Waals surface area contributed by atoms with Gasteiger partial charge in [0.25, 0.3) is 0 Å². The summed E-state index contributed by atoms with van der Waals surface area (Å²) in [6.07, 6.45) is 0. The molecular weight excluding hydrogens is 208 g/mol. The van der Waals surface area contributed by atoms with Crippen molar-refractivity contribution in [1.82, 2.24) is 5.32 Å². The van der Waals surface area contributed by atoms with Crippen molar-refractivity contribution < 1.29 is 14.3 Å². The number of hydrogen-bond acceptors (Lipinski definition) is 4. The van der Waals surface area contributed by atoms with Crippen LogP contribution in [-0.2, 0) is 14.3 Å². The van der Waals surface area contributed by atoms with Crippen molar-refractivity contribution in [2.75, 3.05) is 26.4 Å². The summed E-state index contributed by atoms with van der Waals surface area (Å²) in [5, 5.41) is 2.95. The van der Waals surface area contributed by atoms with Gasteiger partial charge < -0.3 is 20.5 Å². The fourth-order valence-electron chi connectivity index (χ4n) is 1.10. The van der Waals surface area contributed by atoms with Gasteiger partial charge in [-0.05, 0) is 27.3 Å². The molecule has 0 spiro atoms. The normalized spacial score (nSPS) is 13.8. The molecule has 0 aromatic heterocycles. The Morgan fingerprint density at radius 3 is 2.44 bits per heavy atom. The molecule has 3 N–H and O–H groups in total. The lowest BCUT2D eigenvalue weighted by atomic mass is 10.2. The summed E-state index contributed by atoms with van der Waals surface area (Å²) in [6, 6.07) is -0.417. The fraction of sp³-hybridized carbons (Fsp3) is 0.909. The van der Waals surface area contributed by atoms with Crippen molar-refractivity contribution in [1.29, 1.82) is 0 Å². The molecule has 5 heteroatoms. The summed E-state index contributed by atoms with van der Waals surface area (Å²) in [7, 11) is 0. The molecule has 1 atom stereocenters. The van der Waals surface area contributed by atoms with Gasteiger partial charge in [0, 0.05) is 0 Å². The summed E-state index contributed by atoms with van der Waals surface area (Å²) >= 11 is 0. The van der Waals surface area contributed by atoms with Crippen molar-refractivity contribution in [2.45, 2.75) is 39.3 Å². The minimum Gasteiger partial charge on any atom is -0.377 e. The van der Waals surface area contributed by atoms with Gasteiger partial charge in [-0.3, -0.25) is 4.79 Å². The van der Waals surface area contributed by atoms with Crippen LogP contribution < -0.4 is 11.1 Å². The van der Waals surface area contributed by atoms with E-state index in [0.29, 0.717) is 19.8 Å². The van der Waals surface area contributed by atoms with Crippen LogP contribution in [0, 0.1) is 0 Å². The van der Waals surface area contributed by atoms with Gasteiger partial charge in [0.2, 0.25) is 5.91 Å². The third-order valence-corrected chi connectivity index (χ3v) is 1.84. The van der Waals surface area contributed by atoms with E-state index in [1.807, 2.05) is 27.7 Å². The Kier molecular flexibility index (Phi) is 7.29. The zero-order valence-corrected chi connectivity index (χ0v) is 10.7. The molecule has 0 aliphatic carbocycles. The lowest BCUT2D eigenvalue weighted by Gasteiger charge is -2.20. The smallest absolute Gasteiger partial charge is 0.236 e. The Balaban J connectivity index is 3.59. The number of carbonyl (C=O) groups excluding carboxylic acids is 1. The minimum atomic E-state index is -0.417. The van der Waals surface area contributed by atoms with E-state index < -0.39 is 11.9 Å². The van der Waals surface area contributed by atoms with Gasteiger partial charge in [-0.25, -0.2) is 0 Å². The van der Waals surface area contributed by atoms with Gasteiger partial charge >= 0.3 is 0 Å². The molecule has 16 heavy (non-hydrogen) atoms. The summed E-state index contributed by atoms with van der Waals surface area (Å²) in [5.41, 5.74) is 5.04. The van der Waals surface area contributed by atoms with E-state index in [-0.39, 0.29) is 12.2 Å². The first-order valence-corrected chi connectivity index (χ1v) is 5.61. The standard InChI is InChI=1S/C11H24N2O3/c1-5-13-9(10(12)14)8-15-6-7-16-11(2,3)4/h9,13H,5-8H2,1-4H3,(H2,12,14). The maximum atomic E-state index is 11.0. The number of carbonyl (C=O) groups is 1. The summed E-state index contributed by atoms with van der Waals surface area (Å²) in [6.45, 7) is 9.83. The Bertz CT molecular complexity index is 202. The van der Waals surface area contributed by atoms with Crippen LogP contribution >= 0.6 is 0 Å². The van der Waals surface area contributed by atoms with Crippen molar-refractivity contribution >= 4 is 5.91 Å². The topological polar surface area (TPSA) is 73.6 Å². The molecule has 0 aliphatic rings. The van der Waals surface area contributed by atoms with E-state index in [4.69, 9.17) is 15.2 Å². The number of ether oxygens (including phenoxy) is 2. The number of amides is 1. The Labute approximate surface area is 97.7 Å². The molecule has 0 rings (SSSR count). The number of nitrogens with two attached hydrogens (primary N) is 1. The summed E-state index contributed by atoms with van der Waals surface area (Å²) in [5.74, 6) is -0.390. The monoisotopic (exact) mass is 232 g/mol. The summed E-state index contributed by atoms with van der Waals surface area (Å²) in [4.78, 5) is 11.0. The van der Waals surface area contributed by atoms with Crippen LogP contribution in [0.3, 0.4) is 0 Å². The van der Waals surface area contributed by atoms with E-state index in [9.17, 15) is 4.79 Å². The van der Waals surface area contributed by atoms with Crippen LogP contribution in [0.5, 0.6) is 0 Å². The van der Waals surface area contributed by atoms with Gasteiger partial charge in [-0.15, -0.1) is 0 Å². The van der Waals surface area contributed by atoms with Crippen molar-refractivity contribution in [3.8, 4) is 0 Å². The molecule has 0 aromatic carbocycles. The van der Waals surface area contributed by atoms with Crippen molar-refractivity contribution in [3.05, 3.63) is 0 Å².